The topological polar surface area (TPSA) is 96.5 Å². The second-order valence-corrected chi connectivity index (χ2v) is 7.81. The van der Waals surface area contributed by atoms with Gasteiger partial charge in [0, 0.05) is 30.0 Å². The number of fused-ring (bicyclic) bond motifs is 1. The highest BCUT2D eigenvalue weighted by Gasteiger charge is 2.16. The van der Waals surface area contributed by atoms with Crippen molar-refractivity contribution in [2.45, 2.75) is 0 Å². The first-order chi connectivity index (χ1) is 14.1. The molecule has 0 unspecified atom stereocenters. The fourth-order valence-corrected chi connectivity index (χ4v) is 4.08. The van der Waals surface area contributed by atoms with Crippen molar-refractivity contribution in [2.24, 2.45) is 0 Å². The Balaban J connectivity index is 1.37. The summed E-state index contributed by atoms with van der Waals surface area (Å²) in [6, 6.07) is 8.57. The first-order valence-corrected chi connectivity index (χ1v) is 10.2. The van der Waals surface area contributed by atoms with Crippen molar-refractivity contribution in [1.29, 1.82) is 0 Å². The van der Waals surface area contributed by atoms with E-state index in [0.717, 1.165) is 28.4 Å². The van der Waals surface area contributed by atoms with Gasteiger partial charge in [-0.2, -0.15) is 0 Å². The van der Waals surface area contributed by atoms with Gasteiger partial charge in [0.15, 0.2) is 5.13 Å². The summed E-state index contributed by atoms with van der Waals surface area (Å²) >= 11 is 7.42. The van der Waals surface area contributed by atoms with Gasteiger partial charge in [-0.25, -0.2) is 4.98 Å². The van der Waals surface area contributed by atoms with Crippen LogP contribution in [0, 0.1) is 0 Å². The minimum Gasteiger partial charge on any atom is -0.378 e. The molecule has 1 saturated heterocycles. The highest BCUT2D eigenvalue weighted by molar-refractivity contribution is 7.22. The molecule has 3 aromatic rings. The molecule has 2 amide bonds. The maximum atomic E-state index is 12.2. The molecule has 2 aromatic heterocycles. The summed E-state index contributed by atoms with van der Waals surface area (Å²) in [6.07, 6.45) is 1.44. The van der Waals surface area contributed by atoms with E-state index >= 15 is 0 Å². The van der Waals surface area contributed by atoms with E-state index in [1.807, 2.05) is 12.1 Å². The smallest absolute Gasteiger partial charge is 0.270 e. The SMILES string of the molecule is O=C(CNC(=O)c1cc(Cl)ccn1)Nc1ccc2nc(N3CCOCC3)sc2c1. The molecule has 1 aliphatic rings. The number of rotatable bonds is 5. The minimum atomic E-state index is -0.462. The Morgan fingerprint density at radius 1 is 1.21 bits per heavy atom. The predicted octanol–water partition coefficient (Wildman–Crippen LogP) is 2.55. The second-order valence-electron chi connectivity index (χ2n) is 6.37. The van der Waals surface area contributed by atoms with E-state index in [9.17, 15) is 9.59 Å². The van der Waals surface area contributed by atoms with E-state index in [2.05, 4.69) is 25.5 Å². The number of amides is 2. The molecule has 1 aliphatic heterocycles. The maximum Gasteiger partial charge on any atom is 0.270 e. The number of hydrogen-bond acceptors (Lipinski definition) is 7. The Morgan fingerprint density at radius 3 is 2.83 bits per heavy atom. The zero-order valence-electron chi connectivity index (χ0n) is 15.4. The Bertz CT molecular complexity index is 1050. The zero-order chi connectivity index (χ0) is 20.2. The fourth-order valence-electron chi connectivity index (χ4n) is 2.87. The number of pyridine rings is 1. The Hall–Kier alpha value is -2.75. The minimum absolute atomic E-state index is 0.159. The summed E-state index contributed by atoms with van der Waals surface area (Å²) in [4.78, 5) is 35.0. The predicted molar refractivity (Wildman–Crippen MR) is 113 cm³/mol. The molecule has 0 atom stereocenters. The van der Waals surface area contributed by atoms with Crippen LogP contribution in [0.3, 0.4) is 0 Å². The highest BCUT2D eigenvalue weighted by Crippen LogP contribution is 2.31. The van der Waals surface area contributed by atoms with Crippen molar-refractivity contribution < 1.29 is 14.3 Å². The molecule has 0 bridgehead atoms. The molecular formula is C19H18ClN5O3S. The highest BCUT2D eigenvalue weighted by atomic mass is 35.5. The number of ether oxygens (including phenoxy) is 1. The van der Waals surface area contributed by atoms with Gasteiger partial charge in [0.25, 0.3) is 5.91 Å². The van der Waals surface area contributed by atoms with Crippen molar-refractivity contribution in [2.75, 3.05) is 43.1 Å². The zero-order valence-corrected chi connectivity index (χ0v) is 16.9. The lowest BCUT2D eigenvalue weighted by Gasteiger charge is -2.25. The van der Waals surface area contributed by atoms with Gasteiger partial charge < -0.3 is 20.3 Å². The molecule has 29 heavy (non-hydrogen) atoms. The lowest BCUT2D eigenvalue weighted by Crippen LogP contribution is -2.36. The van der Waals surface area contributed by atoms with Crippen LogP contribution in [0.25, 0.3) is 10.2 Å². The monoisotopic (exact) mass is 431 g/mol. The van der Waals surface area contributed by atoms with Crippen molar-refractivity contribution in [3.05, 3.63) is 47.2 Å². The number of carbonyl (C=O) groups excluding carboxylic acids is 2. The molecule has 1 aromatic carbocycles. The van der Waals surface area contributed by atoms with E-state index < -0.39 is 5.91 Å². The molecule has 1 fully saturated rings. The summed E-state index contributed by atoms with van der Waals surface area (Å²) in [5.74, 6) is -0.798. The number of morpholine rings is 1. The number of halogens is 1. The average molecular weight is 432 g/mol. The molecule has 0 saturated carbocycles. The van der Waals surface area contributed by atoms with Crippen LogP contribution >= 0.6 is 22.9 Å². The maximum absolute atomic E-state index is 12.2. The van der Waals surface area contributed by atoms with Gasteiger partial charge >= 0.3 is 0 Å². The van der Waals surface area contributed by atoms with Crippen LogP contribution in [-0.2, 0) is 9.53 Å². The van der Waals surface area contributed by atoms with Gasteiger partial charge in [-0.15, -0.1) is 0 Å². The van der Waals surface area contributed by atoms with Gasteiger partial charge in [-0.1, -0.05) is 22.9 Å². The third-order valence-corrected chi connectivity index (χ3v) is 5.62. The summed E-state index contributed by atoms with van der Waals surface area (Å²) in [5.41, 5.74) is 1.69. The van der Waals surface area contributed by atoms with Crippen LogP contribution in [0.5, 0.6) is 0 Å². The number of carbonyl (C=O) groups is 2. The molecule has 0 radical (unpaired) electrons. The molecule has 2 N–H and O–H groups in total. The number of thiazole rings is 1. The van der Waals surface area contributed by atoms with Crippen molar-refractivity contribution in [1.82, 2.24) is 15.3 Å². The van der Waals surface area contributed by atoms with Gasteiger partial charge in [0.2, 0.25) is 5.91 Å². The molecule has 0 spiro atoms. The Kier molecular flexibility index (Phi) is 5.89. The Morgan fingerprint density at radius 2 is 2.03 bits per heavy atom. The van der Waals surface area contributed by atoms with Crippen LogP contribution in [-0.4, -0.2) is 54.6 Å². The fraction of sp³-hybridized carbons (Fsp3) is 0.263. The van der Waals surface area contributed by atoms with Crippen molar-refractivity contribution >= 4 is 55.8 Å². The third kappa shape index (κ3) is 4.81. The van der Waals surface area contributed by atoms with Gasteiger partial charge in [0.05, 0.1) is 30.0 Å². The van der Waals surface area contributed by atoms with Gasteiger partial charge in [0.1, 0.15) is 5.69 Å². The molecule has 0 aliphatic carbocycles. The Labute approximate surface area is 175 Å². The van der Waals surface area contributed by atoms with Crippen molar-refractivity contribution in [3.8, 4) is 0 Å². The van der Waals surface area contributed by atoms with Gasteiger partial charge in [-0.3, -0.25) is 14.6 Å². The number of nitrogens with one attached hydrogen (secondary N) is 2. The van der Waals surface area contributed by atoms with E-state index in [4.69, 9.17) is 16.3 Å². The van der Waals surface area contributed by atoms with Gasteiger partial charge in [-0.05, 0) is 30.3 Å². The number of anilines is 2. The summed E-state index contributed by atoms with van der Waals surface area (Å²) in [6.45, 7) is 2.88. The molecule has 150 valence electrons. The summed E-state index contributed by atoms with van der Waals surface area (Å²) < 4.78 is 6.36. The number of nitrogens with zero attached hydrogens (tertiary/aromatic N) is 3. The largest absolute Gasteiger partial charge is 0.378 e. The van der Waals surface area contributed by atoms with Crippen molar-refractivity contribution in [3.63, 3.8) is 0 Å². The molecule has 10 heteroatoms. The van der Waals surface area contributed by atoms with Crippen LogP contribution in [0.1, 0.15) is 10.5 Å². The lowest BCUT2D eigenvalue weighted by atomic mass is 10.3. The van der Waals surface area contributed by atoms with Crippen LogP contribution in [0.2, 0.25) is 5.02 Å². The standard InChI is InChI=1S/C19H18ClN5O3S/c20-12-3-4-21-15(9-12)18(27)22-11-17(26)23-13-1-2-14-16(10-13)29-19(24-14)25-5-7-28-8-6-25/h1-4,9-10H,5-8,11H2,(H,22,27)(H,23,26). The first-order valence-electron chi connectivity index (χ1n) is 9.01. The second kappa shape index (κ2) is 8.73. The summed E-state index contributed by atoms with van der Waals surface area (Å²) in [7, 11) is 0. The quantitative estimate of drug-likeness (QED) is 0.644. The molecule has 3 heterocycles. The third-order valence-electron chi connectivity index (χ3n) is 4.31. The van der Waals surface area contributed by atoms with Crippen LogP contribution < -0.4 is 15.5 Å². The number of benzene rings is 1. The average Bonchev–Trinajstić information content (AvgIpc) is 3.16. The molecular weight excluding hydrogens is 414 g/mol. The normalized spacial score (nSPS) is 14.0. The number of aromatic nitrogens is 2. The van der Waals surface area contributed by atoms with E-state index in [1.54, 1.807) is 23.5 Å². The lowest BCUT2D eigenvalue weighted by molar-refractivity contribution is -0.115. The molecule has 4 rings (SSSR count). The van der Waals surface area contributed by atoms with Crippen LogP contribution in [0.4, 0.5) is 10.8 Å². The number of hydrogen-bond donors (Lipinski definition) is 2. The van der Waals surface area contributed by atoms with E-state index in [-0.39, 0.29) is 18.1 Å². The van der Waals surface area contributed by atoms with E-state index in [1.165, 1.54) is 12.3 Å². The summed E-state index contributed by atoms with van der Waals surface area (Å²) in [5, 5.41) is 6.67. The van der Waals surface area contributed by atoms with Crippen LogP contribution in [0.15, 0.2) is 36.5 Å². The van der Waals surface area contributed by atoms with E-state index in [0.29, 0.717) is 23.9 Å². The first kappa shape index (κ1) is 19.6. The molecule has 8 nitrogen and oxygen atoms in total.